The number of carbonyl (C=O) groups is 3. The van der Waals surface area contributed by atoms with Gasteiger partial charge in [-0.1, -0.05) is 12.1 Å². The number of nitrogens with one attached hydrogen (secondary N) is 2. The van der Waals surface area contributed by atoms with Crippen molar-refractivity contribution in [3.63, 3.8) is 0 Å². The molecule has 8 heteroatoms. The van der Waals surface area contributed by atoms with Gasteiger partial charge in [0.15, 0.2) is 0 Å². The summed E-state index contributed by atoms with van der Waals surface area (Å²) >= 11 is 0. The van der Waals surface area contributed by atoms with Crippen LogP contribution in [0.3, 0.4) is 0 Å². The zero-order chi connectivity index (χ0) is 18.9. The lowest BCUT2D eigenvalue weighted by atomic mass is 10.00. The van der Waals surface area contributed by atoms with E-state index >= 15 is 0 Å². The summed E-state index contributed by atoms with van der Waals surface area (Å²) in [6.45, 7) is 1.77. The zero-order valence-electron chi connectivity index (χ0n) is 14.9. The van der Waals surface area contributed by atoms with Crippen LogP contribution in [0.5, 0.6) is 0 Å². The Morgan fingerprint density at radius 2 is 1.85 bits per heavy atom. The Morgan fingerprint density at radius 3 is 2.50 bits per heavy atom. The number of nitrogens with zero attached hydrogens (tertiary/aromatic N) is 1. The lowest BCUT2D eigenvalue weighted by Gasteiger charge is -2.36. The van der Waals surface area contributed by atoms with Gasteiger partial charge in [0.25, 0.3) is 5.91 Å². The second-order valence-corrected chi connectivity index (χ2v) is 6.41. The molecule has 0 bridgehead atoms. The highest BCUT2D eigenvalue weighted by Crippen LogP contribution is 2.19. The zero-order valence-corrected chi connectivity index (χ0v) is 14.9. The van der Waals surface area contributed by atoms with E-state index in [1.807, 2.05) is 4.90 Å². The quantitative estimate of drug-likeness (QED) is 0.557. The van der Waals surface area contributed by atoms with Crippen molar-refractivity contribution in [2.45, 2.75) is 38.3 Å². The second kappa shape index (κ2) is 9.76. The lowest BCUT2D eigenvalue weighted by molar-refractivity contribution is -0.121. The fourth-order valence-electron chi connectivity index (χ4n) is 3.05. The molecule has 0 aliphatic carbocycles. The van der Waals surface area contributed by atoms with Gasteiger partial charge < -0.3 is 27.0 Å². The molecule has 1 heterocycles. The Balaban J connectivity index is 1.98. The molecular weight excluding hydrogens is 334 g/mol. The molecule has 1 unspecified atom stereocenters. The molecule has 1 aliphatic rings. The van der Waals surface area contributed by atoms with Crippen molar-refractivity contribution >= 4 is 17.8 Å². The summed E-state index contributed by atoms with van der Waals surface area (Å²) in [5.41, 5.74) is 11.9. The normalized spacial score (nSPS) is 16.8. The Hall–Kier alpha value is -2.61. The van der Waals surface area contributed by atoms with Crippen LogP contribution < -0.4 is 22.1 Å². The molecule has 0 spiro atoms. The molecule has 1 aliphatic heterocycles. The van der Waals surface area contributed by atoms with Crippen molar-refractivity contribution < 1.29 is 14.4 Å². The van der Waals surface area contributed by atoms with Gasteiger partial charge in [0, 0.05) is 44.2 Å². The topological polar surface area (TPSA) is 131 Å². The molecular formula is C18H27N5O3. The van der Waals surface area contributed by atoms with Crippen molar-refractivity contribution in [3.05, 3.63) is 35.4 Å². The molecule has 26 heavy (non-hydrogen) atoms. The number of hydrogen-bond acceptors (Lipinski definition) is 4. The standard InChI is InChI=1S/C18H27N5O3/c19-9-8-16(24)21-12-15-3-1-2-10-23(15)17(25)14-6-4-13(5-7-14)11-22-18(20)26/h4-7,15H,1-3,8-12,19H2,(H,21,24)(H3,20,22,26). The van der Waals surface area contributed by atoms with Gasteiger partial charge in [0.2, 0.25) is 5.91 Å². The summed E-state index contributed by atoms with van der Waals surface area (Å²) in [6.07, 6.45) is 3.16. The van der Waals surface area contributed by atoms with E-state index in [0.717, 1.165) is 24.8 Å². The van der Waals surface area contributed by atoms with Crippen molar-refractivity contribution in [2.24, 2.45) is 11.5 Å². The highest BCUT2D eigenvalue weighted by molar-refractivity contribution is 5.94. The Labute approximate surface area is 153 Å². The number of urea groups is 1. The first kappa shape index (κ1) is 19.7. The van der Waals surface area contributed by atoms with Gasteiger partial charge in [-0.25, -0.2) is 4.79 Å². The molecule has 1 aromatic rings. The van der Waals surface area contributed by atoms with Gasteiger partial charge in [-0.15, -0.1) is 0 Å². The largest absolute Gasteiger partial charge is 0.354 e. The van der Waals surface area contributed by atoms with E-state index in [1.165, 1.54) is 0 Å². The minimum absolute atomic E-state index is 0.00539. The predicted octanol–water partition coefficient (Wildman–Crippen LogP) is 0.315. The molecule has 1 atom stereocenters. The number of piperidine rings is 1. The fraction of sp³-hybridized carbons (Fsp3) is 0.500. The maximum atomic E-state index is 12.9. The molecule has 1 aromatic carbocycles. The van der Waals surface area contributed by atoms with Crippen LogP contribution in [0.2, 0.25) is 0 Å². The third kappa shape index (κ3) is 5.73. The summed E-state index contributed by atoms with van der Waals surface area (Å²) < 4.78 is 0. The third-order valence-corrected chi connectivity index (χ3v) is 4.46. The number of carbonyl (C=O) groups excluding carboxylic acids is 3. The first-order valence-electron chi connectivity index (χ1n) is 8.91. The molecule has 0 aromatic heterocycles. The number of benzene rings is 1. The summed E-state index contributed by atoms with van der Waals surface area (Å²) in [6, 6.07) is 6.50. The van der Waals surface area contributed by atoms with E-state index in [-0.39, 0.29) is 17.9 Å². The van der Waals surface area contributed by atoms with Crippen LogP contribution in [-0.2, 0) is 11.3 Å². The maximum Gasteiger partial charge on any atom is 0.312 e. The summed E-state index contributed by atoms with van der Waals surface area (Å²) in [4.78, 5) is 37.1. The minimum atomic E-state index is -0.585. The van der Waals surface area contributed by atoms with Gasteiger partial charge in [0.1, 0.15) is 0 Å². The number of nitrogens with two attached hydrogens (primary N) is 2. The van der Waals surface area contributed by atoms with Crippen LogP contribution in [0.1, 0.15) is 41.6 Å². The monoisotopic (exact) mass is 361 g/mol. The summed E-state index contributed by atoms with van der Waals surface area (Å²) in [5, 5.41) is 5.37. The van der Waals surface area contributed by atoms with E-state index < -0.39 is 6.03 Å². The second-order valence-electron chi connectivity index (χ2n) is 6.41. The van der Waals surface area contributed by atoms with Gasteiger partial charge in [0.05, 0.1) is 0 Å². The number of primary amides is 1. The van der Waals surface area contributed by atoms with E-state index in [0.29, 0.717) is 38.2 Å². The summed E-state index contributed by atoms with van der Waals surface area (Å²) in [7, 11) is 0. The average Bonchev–Trinajstić information content (AvgIpc) is 2.65. The third-order valence-electron chi connectivity index (χ3n) is 4.46. The van der Waals surface area contributed by atoms with Gasteiger partial charge >= 0.3 is 6.03 Å². The van der Waals surface area contributed by atoms with Crippen molar-refractivity contribution in [1.82, 2.24) is 15.5 Å². The highest BCUT2D eigenvalue weighted by Gasteiger charge is 2.27. The molecule has 1 saturated heterocycles. The van der Waals surface area contributed by atoms with Crippen molar-refractivity contribution in [3.8, 4) is 0 Å². The van der Waals surface area contributed by atoms with Crippen LogP contribution in [0.4, 0.5) is 4.79 Å². The Morgan fingerprint density at radius 1 is 1.12 bits per heavy atom. The number of likely N-dealkylation sites (tertiary alicyclic amines) is 1. The number of rotatable bonds is 7. The molecule has 4 amide bonds. The maximum absolute atomic E-state index is 12.9. The molecule has 6 N–H and O–H groups in total. The first-order chi connectivity index (χ1) is 12.5. The van der Waals surface area contributed by atoms with E-state index in [2.05, 4.69) is 10.6 Å². The smallest absolute Gasteiger partial charge is 0.312 e. The minimum Gasteiger partial charge on any atom is -0.354 e. The molecule has 0 saturated carbocycles. The van der Waals surface area contributed by atoms with Crippen LogP contribution in [0.15, 0.2) is 24.3 Å². The predicted molar refractivity (Wildman–Crippen MR) is 98.2 cm³/mol. The van der Waals surface area contributed by atoms with Crippen LogP contribution in [0, 0.1) is 0 Å². The molecule has 2 rings (SSSR count). The van der Waals surface area contributed by atoms with Crippen molar-refractivity contribution in [2.75, 3.05) is 19.6 Å². The van der Waals surface area contributed by atoms with Crippen LogP contribution in [0.25, 0.3) is 0 Å². The first-order valence-corrected chi connectivity index (χ1v) is 8.91. The molecule has 8 nitrogen and oxygen atoms in total. The van der Waals surface area contributed by atoms with Gasteiger partial charge in [-0.05, 0) is 37.0 Å². The Kier molecular flexibility index (Phi) is 7.40. The number of hydrogen-bond donors (Lipinski definition) is 4. The fourth-order valence-corrected chi connectivity index (χ4v) is 3.05. The van der Waals surface area contributed by atoms with E-state index in [1.54, 1.807) is 24.3 Å². The lowest BCUT2D eigenvalue weighted by Crippen LogP contribution is -2.49. The SMILES string of the molecule is NCCC(=O)NCC1CCCCN1C(=O)c1ccc(CNC(N)=O)cc1. The van der Waals surface area contributed by atoms with Gasteiger partial charge in [-0.2, -0.15) is 0 Å². The average molecular weight is 361 g/mol. The highest BCUT2D eigenvalue weighted by atomic mass is 16.2. The molecule has 0 radical (unpaired) electrons. The van der Waals surface area contributed by atoms with E-state index in [9.17, 15) is 14.4 Å². The van der Waals surface area contributed by atoms with Gasteiger partial charge in [-0.3, -0.25) is 9.59 Å². The Bertz CT molecular complexity index is 632. The molecule has 142 valence electrons. The van der Waals surface area contributed by atoms with Crippen LogP contribution in [-0.4, -0.2) is 48.4 Å². The summed E-state index contributed by atoms with van der Waals surface area (Å²) in [5.74, 6) is -0.131. The number of amides is 4. The van der Waals surface area contributed by atoms with E-state index in [4.69, 9.17) is 11.5 Å². The molecule has 1 fully saturated rings. The van der Waals surface area contributed by atoms with Crippen molar-refractivity contribution in [1.29, 1.82) is 0 Å². The van der Waals surface area contributed by atoms with Crippen LogP contribution >= 0.6 is 0 Å².